The lowest BCUT2D eigenvalue weighted by Crippen LogP contribution is -2.28. The number of nitrogens with one attached hydrogen (secondary N) is 2. The Morgan fingerprint density at radius 2 is 2.14 bits per heavy atom. The van der Waals surface area contributed by atoms with E-state index in [4.69, 9.17) is 4.74 Å². The smallest absolute Gasteiger partial charge is 0.341 e. The molecular formula is C18H17N5O4S2. The second-order valence-electron chi connectivity index (χ2n) is 6.37. The molecule has 2 N–H and O–H groups in total. The number of thioether (sulfide) groups is 1. The lowest BCUT2D eigenvalue weighted by molar-refractivity contribution is -0.122. The number of esters is 1. The molecule has 1 unspecified atom stereocenters. The maximum absolute atomic E-state index is 12.6. The minimum absolute atomic E-state index is 0.0473. The summed E-state index contributed by atoms with van der Waals surface area (Å²) < 4.78 is 4.88. The van der Waals surface area contributed by atoms with Gasteiger partial charge in [-0.15, -0.1) is 11.3 Å². The molecule has 3 heterocycles. The van der Waals surface area contributed by atoms with Crippen LogP contribution in [0, 0.1) is 0 Å². The van der Waals surface area contributed by atoms with Crippen molar-refractivity contribution in [1.82, 2.24) is 15.3 Å². The number of aliphatic imine (C=N–C) groups is 1. The maximum atomic E-state index is 12.6. The van der Waals surface area contributed by atoms with Gasteiger partial charge < -0.3 is 15.4 Å². The van der Waals surface area contributed by atoms with Crippen LogP contribution in [0.5, 0.6) is 0 Å². The van der Waals surface area contributed by atoms with Gasteiger partial charge in [-0.05, 0) is 30.9 Å². The van der Waals surface area contributed by atoms with Gasteiger partial charge in [-0.25, -0.2) is 14.8 Å². The number of fused-ring (bicyclic) bond motifs is 1. The van der Waals surface area contributed by atoms with Crippen LogP contribution in [0.3, 0.4) is 0 Å². The molecule has 0 aromatic carbocycles. The minimum Gasteiger partial charge on any atom is -0.465 e. The van der Waals surface area contributed by atoms with Crippen molar-refractivity contribution < 1.29 is 19.1 Å². The number of aryl methyl sites for hydroxylation is 1. The monoisotopic (exact) mass is 431 g/mol. The molecule has 1 fully saturated rings. The molecule has 150 valence electrons. The van der Waals surface area contributed by atoms with Crippen molar-refractivity contribution in [2.24, 2.45) is 4.99 Å². The normalized spacial score (nSPS) is 19.1. The first kappa shape index (κ1) is 19.5. The first-order valence-corrected chi connectivity index (χ1v) is 10.6. The Labute approximate surface area is 174 Å². The summed E-state index contributed by atoms with van der Waals surface area (Å²) in [7, 11) is 1.32. The van der Waals surface area contributed by atoms with Crippen LogP contribution in [0.4, 0.5) is 10.9 Å². The van der Waals surface area contributed by atoms with Gasteiger partial charge in [0.05, 0.1) is 12.7 Å². The maximum Gasteiger partial charge on any atom is 0.341 e. The molecule has 1 saturated heterocycles. The number of amidine groups is 1. The highest BCUT2D eigenvalue weighted by atomic mass is 32.2. The molecule has 2 aromatic heterocycles. The predicted molar refractivity (Wildman–Crippen MR) is 110 cm³/mol. The highest BCUT2D eigenvalue weighted by Gasteiger charge is 2.33. The van der Waals surface area contributed by atoms with Crippen LogP contribution in [0.15, 0.2) is 23.5 Å². The molecule has 29 heavy (non-hydrogen) atoms. The Bertz CT molecular complexity index is 1010. The number of hydrogen-bond donors (Lipinski definition) is 2. The van der Waals surface area contributed by atoms with Gasteiger partial charge >= 0.3 is 5.97 Å². The summed E-state index contributed by atoms with van der Waals surface area (Å²) in [6.45, 7) is 0. The van der Waals surface area contributed by atoms with Crippen molar-refractivity contribution in [3.8, 4) is 0 Å². The van der Waals surface area contributed by atoms with Gasteiger partial charge in [-0.1, -0.05) is 11.8 Å². The number of thiophene rings is 1. The molecule has 0 spiro atoms. The van der Waals surface area contributed by atoms with Gasteiger partial charge in [-0.2, -0.15) is 4.99 Å². The number of methoxy groups -OCH3 is 1. The number of nitrogens with zero attached hydrogens (tertiary/aromatic N) is 3. The summed E-state index contributed by atoms with van der Waals surface area (Å²) in [6, 6.07) is 1.67. The van der Waals surface area contributed by atoms with Crippen LogP contribution in [0.1, 0.15) is 33.6 Å². The first-order chi connectivity index (χ1) is 14.0. The Morgan fingerprint density at radius 1 is 1.34 bits per heavy atom. The van der Waals surface area contributed by atoms with E-state index in [2.05, 4.69) is 25.6 Å². The third kappa shape index (κ3) is 4.15. The molecule has 2 aliphatic rings. The molecule has 1 aliphatic carbocycles. The molecule has 1 aliphatic heterocycles. The van der Waals surface area contributed by atoms with Crippen molar-refractivity contribution >= 4 is 57.0 Å². The summed E-state index contributed by atoms with van der Waals surface area (Å²) in [5.74, 6) is -0.872. The van der Waals surface area contributed by atoms with E-state index in [0.29, 0.717) is 15.7 Å². The molecule has 0 saturated carbocycles. The van der Waals surface area contributed by atoms with Crippen molar-refractivity contribution in [3.05, 3.63) is 34.5 Å². The molecule has 1 atom stereocenters. The summed E-state index contributed by atoms with van der Waals surface area (Å²) in [5.41, 5.74) is 1.40. The Morgan fingerprint density at radius 3 is 2.90 bits per heavy atom. The molecule has 11 heteroatoms. The van der Waals surface area contributed by atoms with E-state index in [9.17, 15) is 14.4 Å². The van der Waals surface area contributed by atoms with Crippen LogP contribution >= 0.6 is 23.1 Å². The van der Waals surface area contributed by atoms with E-state index < -0.39 is 11.2 Å². The number of carbonyl (C=O) groups is 3. The van der Waals surface area contributed by atoms with Crippen molar-refractivity contribution in [3.63, 3.8) is 0 Å². The Balaban J connectivity index is 1.44. The standard InChI is InChI=1S/C18H17N5O4S2/c1-27-16(26)13-9-4-2-5-10(9)28-15(13)21-12(24)8-11-14(25)22-18(29-11)23-17-19-6-3-7-20-17/h3,6-7,11H,2,4-5,8H2,1H3,(H,21,24)(H,19,20,22,23,25). The second kappa shape index (κ2) is 8.29. The highest BCUT2D eigenvalue weighted by molar-refractivity contribution is 8.15. The van der Waals surface area contributed by atoms with E-state index in [1.165, 1.54) is 18.4 Å². The molecule has 2 amide bonds. The van der Waals surface area contributed by atoms with Crippen LogP contribution in [0.2, 0.25) is 0 Å². The Kier molecular flexibility index (Phi) is 5.58. The van der Waals surface area contributed by atoms with E-state index in [1.54, 1.807) is 18.5 Å². The molecule has 0 radical (unpaired) electrons. The third-order valence-electron chi connectivity index (χ3n) is 4.46. The molecular weight excluding hydrogens is 414 g/mol. The summed E-state index contributed by atoms with van der Waals surface area (Å²) >= 11 is 2.55. The van der Waals surface area contributed by atoms with E-state index in [1.807, 2.05) is 0 Å². The number of rotatable bonds is 5. The average Bonchev–Trinajstić information content (AvgIpc) is 3.37. The van der Waals surface area contributed by atoms with Crippen LogP contribution in [-0.2, 0) is 27.2 Å². The topological polar surface area (TPSA) is 123 Å². The number of hydrogen-bond acceptors (Lipinski definition) is 9. The number of carbonyl (C=O) groups excluding carboxylic acids is 3. The lowest BCUT2D eigenvalue weighted by atomic mass is 10.1. The zero-order valence-corrected chi connectivity index (χ0v) is 17.1. The summed E-state index contributed by atoms with van der Waals surface area (Å²) in [4.78, 5) is 50.2. The first-order valence-electron chi connectivity index (χ1n) is 8.91. The van der Waals surface area contributed by atoms with Crippen molar-refractivity contribution in [2.75, 3.05) is 12.4 Å². The number of anilines is 1. The Hall–Kier alpha value is -2.79. The minimum atomic E-state index is -0.620. The lowest BCUT2D eigenvalue weighted by Gasteiger charge is -2.08. The number of aromatic nitrogens is 2. The zero-order chi connectivity index (χ0) is 20.4. The quantitative estimate of drug-likeness (QED) is 0.695. The molecule has 0 bridgehead atoms. The van der Waals surface area contributed by atoms with Crippen molar-refractivity contribution in [1.29, 1.82) is 0 Å². The zero-order valence-electron chi connectivity index (χ0n) is 15.4. The fourth-order valence-electron chi connectivity index (χ4n) is 3.19. The predicted octanol–water partition coefficient (Wildman–Crippen LogP) is 2.06. The largest absolute Gasteiger partial charge is 0.465 e. The van der Waals surface area contributed by atoms with Gasteiger partial charge in [-0.3, -0.25) is 9.59 Å². The van der Waals surface area contributed by atoms with E-state index >= 15 is 0 Å². The SMILES string of the molecule is COC(=O)c1c(NC(=O)CC2S/C(=N\c3ncccn3)NC2=O)sc2c1CCC2. The average molecular weight is 431 g/mol. The van der Waals surface area contributed by atoms with Gasteiger partial charge in [0, 0.05) is 23.7 Å². The fraction of sp³-hybridized carbons (Fsp3) is 0.333. The summed E-state index contributed by atoms with van der Waals surface area (Å²) in [6.07, 6.45) is 5.74. The van der Waals surface area contributed by atoms with E-state index in [0.717, 1.165) is 41.5 Å². The fourth-order valence-corrected chi connectivity index (χ4v) is 5.45. The van der Waals surface area contributed by atoms with E-state index in [-0.39, 0.29) is 24.2 Å². The highest BCUT2D eigenvalue weighted by Crippen LogP contribution is 2.39. The van der Waals surface area contributed by atoms with Gasteiger partial charge in [0.15, 0.2) is 5.17 Å². The van der Waals surface area contributed by atoms with Crippen molar-refractivity contribution in [2.45, 2.75) is 30.9 Å². The summed E-state index contributed by atoms with van der Waals surface area (Å²) in [5, 5.41) is 5.64. The van der Waals surface area contributed by atoms with Crippen LogP contribution in [0.25, 0.3) is 0 Å². The van der Waals surface area contributed by atoms with Crippen LogP contribution < -0.4 is 10.6 Å². The number of ether oxygens (including phenoxy) is 1. The second-order valence-corrected chi connectivity index (χ2v) is 8.66. The van der Waals surface area contributed by atoms with Gasteiger partial charge in [0.25, 0.3) is 5.95 Å². The molecule has 2 aromatic rings. The molecule has 9 nitrogen and oxygen atoms in total. The van der Waals surface area contributed by atoms with Gasteiger partial charge in [0.1, 0.15) is 10.3 Å². The number of amides is 2. The van der Waals surface area contributed by atoms with Crippen LogP contribution in [-0.4, -0.2) is 45.3 Å². The van der Waals surface area contributed by atoms with Gasteiger partial charge in [0.2, 0.25) is 11.8 Å². The molecule has 4 rings (SSSR count). The third-order valence-corrected chi connectivity index (χ3v) is 6.75.